The zero-order valence-electron chi connectivity index (χ0n) is 45.7. The van der Waals surface area contributed by atoms with Crippen LogP contribution in [0.5, 0.6) is 0 Å². The van der Waals surface area contributed by atoms with E-state index in [0.29, 0.717) is 19.3 Å². The molecule has 0 heterocycles. The van der Waals surface area contributed by atoms with E-state index in [9.17, 15) is 14.4 Å². The van der Waals surface area contributed by atoms with Crippen molar-refractivity contribution in [1.29, 1.82) is 0 Å². The Balaban J connectivity index is 4.58. The minimum absolute atomic E-state index is 0.124. The fraction of sp³-hybridized carbons (Fsp3) is 0.615. The van der Waals surface area contributed by atoms with Crippen LogP contribution >= 0.6 is 0 Å². The van der Waals surface area contributed by atoms with Crippen molar-refractivity contribution in [3.8, 4) is 0 Å². The molecule has 0 rings (SSSR count). The highest BCUT2D eigenvalue weighted by Gasteiger charge is 2.19. The minimum Gasteiger partial charge on any atom is -0.462 e. The summed E-state index contributed by atoms with van der Waals surface area (Å²) in [7, 11) is 0. The molecule has 0 spiro atoms. The number of hydrogen-bond donors (Lipinski definition) is 0. The number of carbonyl (C=O) groups excluding carboxylic acids is 3. The lowest BCUT2D eigenvalue weighted by molar-refractivity contribution is -0.166. The first-order valence-electron chi connectivity index (χ1n) is 28.7. The number of esters is 3. The lowest BCUT2D eigenvalue weighted by Gasteiger charge is -2.18. The highest BCUT2D eigenvalue weighted by Crippen LogP contribution is 2.13. The largest absolute Gasteiger partial charge is 0.462 e. The summed E-state index contributed by atoms with van der Waals surface area (Å²) in [5.74, 6) is -1.05. The smallest absolute Gasteiger partial charge is 0.306 e. The molecule has 1 atom stereocenters. The van der Waals surface area contributed by atoms with E-state index in [4.69, 9.17) is 14.2 Å². The first kappa shape index (κ1) is 66.6. The summed E-state index contributed by atoms with van der Waals surface area (Å²) in [5.41, 5.74) is 0. The molecule has 0 bridgehead atoms. The summed E-state index contributed by atoms with van der Waals surface area (Å²) < 4.78 is 16.8. The van der Waals surface area contributed by atoms with Crippen molar-refractivity contribution in [2.45, 2.75) is 245 Å². The Labute approximate surface area is 436 Å². The van der Waals surface area contributed by atoms with Crippen LogP contribution in [0.4, 0.5) is 0 Å². The van der Waals surface area contributed by atoms with Crippen LogP contribution in [0, 0.1) is 0 Å². The van der Waals surface area contributed by atoms with Gasteiger partial charge < -0.3 is 14.2 Å². The van der Waals surface area contributed by atoms with Crippen LogP contribution in [0.3, 0.4) is 0 Å². The fourth-order valence-corrected chi connectivity index (χ4v) is 7.33. The second-order valence-corrected chi connectivity index (χ2v) is 18.5. The van der Waals surface area contributed by atoms with E-state index in [2.05, 4.69) is 148 Å². The molecule has 0 N–H and O–H groups in total. The van der Waals surface area contributed by atoms with Gasteiger partial charge in [0.15, 0.2) is 6.10 Å². The maximum atomic E-state index is 12.8. The van der Waals surface area contributed by atoms with Crippen molar-refractivity contribution in [1.82, 2.24) is 0 Å². The van der Waals surface area contributed by atoms with Crippen LogP contribution in [0.2, 0.25) is 0 Å². The Bertz CT molecular complexity index is 1550. The van der Waals surface area contributed by atoms with Gasteiger partial charge in [-0.25, -0.2) is 0 Å². The van der Waals surface area contributed by atoms with Crippen LogP contribution < -0.4 is 0 Å². The summed E-state index contributed by atoms with van der Waals surface area (Å²) in [5, 5.41) is 0. The van der Waals surface area contributed by atoms with E-state index in [0.717, 1.165) is 103 Å². The summed E-state index contributed by atoms with van der Waals surface area (Å²) in [6.45, 7) is 6.38. The van der Waals surface area contributed by atoms with E-state index in [1.165, 1.54) is 89.9 Å². The first-order valence-corrected chi connectivity index (χ1v) is 28.7. The molecule has 71 heavy (non-hydrogen) atoms. The SMILES string of the molecule is CC/C=C\C/C=C\C/C=C\C/C=C\C/C=C\CCCCCC(=O)OC[C@H](COC(=O)CC/C=C\C/C=C\C/C=C\C/C=C\C/C=C\CCCCC)OC(=O)CCCCCCCCC/C=C\CCCCCC. The maximum absolute atomic E-state index is 12.8. The normalized spacial score (nSPS) is 13.1. The van der Waals surface area contributed by atoms with Gasteiger partial charge in [0.25, 0.3) is 0 Å². The molecule has 0 aromatic carbocycles. The molecule has 400 valence electrons. The second-order valence-electron chi connectivity index (χ2n) is 18.5. The topological polar surface area (TPSA) is 78.9 Å². The van der Waals surface area contributed by atoms with Gasteiger partial charge in [-0.2, -0.15) is 0 Å². The first-order chi connectivity index (χ1) is 35.0. The van der Waals surface area contributed by atoms with E-state index in [1.807, 2.05) is 6.08 Å². The van der Waals surface area contributed by atoms with Crippen LogP contribution in [0.25, 0.3) is 0 Å². The van der Waals surface area contributed by atoms with Crippen LogP contribution in [-0.2, 0) is 28.6 Å². The Morgan fingerprint density at radius 1 is 0.296 bits per heavy atom. The molecule has 6 heteroatoms. The quantitative estimate of drug-likeness (QED) is 0.0262. The predicted molar refractivity (Wildman–Crippen MR) is 306 cm³/mol. The van der Waals surface area contributed by atoms with Gasteiger partial charge in [-0.1, -0.05) is 225 Å². The van der Waals surface area contributed by atoms with Gasteiger partial charge in [0.2, 0.25) is 0 Å². The minimum atomic E-state index is -0.830. The van der Waals surface area contributed by atoms with E-state index in [-0.39, 0.29) is 37.5 Å². The average molecular weight is 982 g/mol. The third kappa shape index (κ3) is 56.3. The van der Waals surface area contributed by atoms with E-state index >= 15 is 0 Å². The highest BCUT2D eigenvalue weighted by molar-refractivity contribution is 5.71. The van der Waals surface area contributed by atoms with Crippen molar-refractivity contribution >= 4 is 17.9 Å². The molecule has 0 aliphatic rings. The standard InChI is InChI=1S/C65H104O6/c1-4-7-10-13-16-19-22-25-28-30-32-34-37-39-42-45-48-51-54-57-63(66)69-60-62(71-65(68)59-56-53-50-47-44-41-36-27-24-21-18-15-12-9-6-3)61-70-64(67)58-55-52-49-46-43-40-38-35-33-31-29-26-23-20-17-14-11-8-5-2/h7,10,16-17,19-21,24-26,28-29,32-35,39-40,42-43,49,52,62H,4-6,8-9,11-15,18,22-23,27,30-31,36-38,41,44-48,50-51,53-61H2,1-3H3/b10-7-,19-16-,20-17-,24-21-,28-25-,29-26-,34-32-,35-33-,42-39-,43-40-,52-49-/t62-/m1/s1. The molecule has 0 radical (unpaired) electrons. The van der Waals surface area contributed by atoms with Gasteiger partial charge in [-0.05, 0) is 128 Å². The van der Waals surface area contributed by atoms with E-state index in [1.54, 1.807) is 0 Å². The van der Waals surface area contributed by atoms with Crippen molar-refractivity contribution in [3.05, 3.63) is 134 Å². The molecule has 0 unspecified atom stereocenters. The molecule has 0 fully saturated rings. The molecule has 0 aliphatic carbocycles. The zero-order valence-corrected chi connectivity index (χ0v) is 45.7. The van der Waals surface area contributed by atoms with Gasteiger partial charge in [-0.3, -0.25) is 14.4 Å². The second kappa shape index (κ2) is 58.1. The van der Waals surface area contributed by atoms with Gasteiger partial charge in [0, 0.05) is 19.3 Å². The van der Waals surface area contributed by atoms with Crippen LogP contribution in [-0.4, -0.2) is 37.2 Å². The molecule has 0 aromatic heterocycles. The number of rotatable bonds is 50. The van der Waals surface area contributed by atoms with Crippen LogP contribution in [0.15, 0.2) is 134 Å². The highest BCUT2D eigenvalue weighted by atomic mass is 16.6. The third-order valence-electron chi connectivity index (χ3n) is 11.6. The summed E-state index contributed by atoms with van der Waals surface area (Å²) in [6, 6.07) is 0. The molecule has 0 saturated carbocycles. The maximum Gasteiger partial charge on any atom is 0.306 e. The Morgan fingerprint density at radius 2 is 0.577 bits per heavy atom. The number of allylic oxidation sites excluding steroid dienone is 22. The van der Waals surface area contributed by atoms with Crippen molar-refractivity contribution < 1.29 is 28.6 Å². The molecule has 0 aliphatic heterocycles. The molecule has 0 amide bonds. The Morgan fingerprint density at radius 3 is 1.00 bits per heavy atom. The van der Waals surface area contributed by atoms with Gasteiger partial charge >= 0.3 is 17.9 Å². The average Bonchev–Trinajstić information content (AvgIpc) is 3.37. The predicted octanol–water partition coefficient (Wildman–Crippen LogP) is 19.4. The van der Waals surface area contributed by atoms with Gasteiger partial charge in [-0.15, -0.1) is 0 Å². The summed E-state index contributed by atoms with van der Waals surface area (Å²) in [4.78, 5) is 38.1. The van der Waals surface area contributed by atoms with Crippen molar-refractivity contribution in [2.75, 3.05) is 13.2 Å². The molecule has 0 aromatic rings. The summed E-state index contributed by atoms with van der Waals surface area (Å²) in [6.07, 6.45) is 81.6. The zero-order chi connectivity index (χ0) is 51.4. The van der Waals surface area contributed by atoms with Crippen molar-refractivity contribution in [2.24, 2.45) is 0 Å². The molecular formula is C65H104O6. The lowest BCUT2D eigenvalue weighted by Crippen LogP contribution is -2.30. The number of unbranched alkanes of at least 4 members (excludes halogenated alkanes) is 17. The lowest BCUT2D eigenvalue weighted by atomic mass is 10.1. The monoisotopic (exact) mass is 981 g/mol. The molecule has 6 nitrogen and oxygen atoms in total. The third-order valence-corrected chi connectivity index (χ3v) is 11.6. The Kier molecular flexibility index (Phi) is 54.5. The van der Waals surface area contributed by atoms with Crippen molar-refractivity contribution in [3.63, 3.8) is 0 Å². The number of ether oxygens (including phenoxy) is 3. The van der Waals surface area contributed by atoms with Gasteiger partial charge in [0.1, 0.15) is 13.2 Å². The number of hydrogen-bond acceptors (Lipinski definition) is 6. The molecule has 0 saturated heterocycles. The van der Waals surface area contributed by atoms with E-state index < -0.39 is 6.10 Å². The summed E-state index contributed by atoms with van der Waals surface area (Å²) >= 11 is 0. The van der Waals surface area contributed by atoms with Gasteiger partial charge in [0.05, 0.1) is 0 Å². The fourth-order valence-electron chi connectivity index (χ4n) is 7.33. The van der Waals surface area contributed by atoms with Crippen LogP contribution in [0.1, 0.15) is 239 Å². The molecular weight excluding hydrogens is 877 g/mol. The Hall–Kier alpha value is -4.45. The number of carbonyl (C=O) groups is 3.